The largest absolute Gasteiger partial charge is 0.487 e. The van der Waals surface area contributed by atoms with E-state index in [0.29, 0.717) is 24.3 Å². The van der Waals surface area contributed by atoms with Gasteiger partial charge in [-0.15, -0.1) is 0 Å². The zero-order valence-electron chi connectivity index (χ0n) is 20.7. The molecule has 1 atom stereocenters. The molecule has 7 nitrogen and oxygen atoms in total. The van der Waals surface area contributed by atoms with Gasteiger partial charge in [0.1, 0.15) is 16.9 Å². The van der Waals surface area contributed by atoms with Crippen molar-refractivity contribution in [3.8, 4) is 5.75 Å². The normalized spacial score (nSPS) is 23.1. The molecule has 1 amide bonds. The highest BCUT2D eigenvalue weighted by atomic mass is 16.5. The van der Waals surface area contributed by atoms with Crippen molar-refractivity contribution in [3.63, 3.8) is 0 Å². The van der Waals surface area contributed by atoms with Crippen LogP contribution in [0.5, 0.6) is 5.75 Å². The molecule has 1 aliphatic carbocycles. The Morgan fingerprint density at radius 3 is 2.62 bits per heavy atom. The fourth-order valence-electron chi connectivity index (χ4n) is 6.13. The Hall–Kier alpha value is -2.09. The van der Waals surface area contributed by atoms with Crippen LogP contribution < -0.4 is 10.1 Å². The minimum absolute atomic E-state index is 0.187. The summed E-state index contributed by atoms with van der Waals surface area (Å²) in [6.07, 6.45) is 6.44. The minimum Gasteiger partial charge on any atom is -0.487 e. The molecular formula is C27H39N3O4. The first-order valence-corrected chi connectivity index (χ1v) is 13.2. The number of piperazine rings is 1. The molecule has 5 rings (SSSR count). The van der Waals surface area contributed by atoms with Crippen molar-refractivity contribution in [2.45, 2.75) is 70.5 Å². The molecule has 2 N–H and O–H groups in total. The van der Waals surface area contributed by atoms with E-state index in [2.05, 4.69) is 22.0 Å². The molecule has 1 saturated heterocycles. The van der Waals surface area contributed by atoms with E-state index >= 15 is 0 Å². The molecule has 34 heavy (non-hydrogen) atoms. The van der Waals surface area contributed by atoms with Crippen LogP contribution in [0.15, 0.2) is 16.5 Å². The summed E-state index contributed by atoms with van der Waals surface area (Å²) in [6, 6.07) is 3.78. The highest BCUT2D eigenvalue weighted by molar-refractivity contribution is 6.00. The summed E-state index contributed by atoms with van der Waals surface area (Å²) in [5, 5.41) is 15.0. The summed E-state index contributed by atoms with van der Waals surface area (Å²) in [6.45, 7) is 11.3. The number of carbonyl (C=O) groups is 1. The third kappa shape index (κ3) is 4.58. The van der Waals surface area contributed by atoms with E-state index in [1.807, 2.05) is 19.1 Å². The number of fused-ring (bicyclic) bond motifs is 3. The molecule has 2 aromatic rings. The number of aliphatic hydroxyl groups is 1. The number of likely N-dealkylation sites (N-methyl/N-ethyl adjacent to an activating group) is 1. The average Bonchev–Trinajstić information content (AvgIpc) is 3.19. The molecule has 1 aromatic carbocycles. The monoisotopic (exact) mass is 469 g/mol. The molecule has 1 spiro atoms. The molecule has 2 fully saturated rings. The van der Waals surface area contributed by atoms with Gasteiger partial charge in [-0.25, -0.2) is 0 Å². The molecule has 1 aromatic heterocycles. The van der Waals surface area contributed by atoms with E-state index in [4.69, 9.17) is 9.15 Å². The molecular weight excluding hydrogens is 430 g/mol. The van der Waals surface area contributed by atoms with E-state index in [0.717, 1.165) is 93.6 Å². The van der Waals surface area contributed by atoms with Crippen molar-refractivity contribution in [1.82, 2.24) is 15.1 Å². The van der Waals surface area contributed by atoms with Gasteiger partial charge in [0.25, 0.3) is 5.91 Å². The Labute approximate surface area is 202 Å². The Kier molecular flexibility index (Phi) is 6.87. The van der Waals surface area contributed by atoms with Gasteiger partial charge in [-0.1, -0.05) is 13.3 Å². The molecule has 3 heterocycles. The molecule has 7 heteroatoms. The van der Waals surface area contributed by atoms with Gasteiger partial charge in [-0.3, -0.25) is 4.79 Å². The van der Waals surface area contributed by atoms with E-state index in [1.54, 1.807) is 0 Å². The summed E-state index contributed by atoms with van der Waals surface area (Å²) < 4.78 is 12.5. The predicted octanol–water partition coefficient (Wildman–Crippen LogP) is 4.02. The fraction of sp³-hybridized carbons (Fsp3) is 0.667. The van der Waals surface area contributed by atoms with Crippen LogP contribution in [-0.2, 0) is 0 Å². The van der Waals surface area contributed by atoms with Crippen molar-refractivity contribution in [3.05, 3.63) is 29.0 Å². The van der Waals surface area contributed by atoms with Crippen LogP contribution in [0, 0.1) is 6.92 Å². The van der Waals surface area contributed by atoms with E-state index in [9.17, 15) is 9.90 Å². The van der Waals surface area contributed by atoms with Gasteiger partial charge < -0.3 is 29.4 Å². The van der Waals surface area contributed by atoms with Crippen LogP contribution in [0.2, 0.25) is 0 Å². The Morgan fingerprint density at radius 1 is 1.15 bits per heavy atom. The zero-order chi connectivity index (χ0) is 23.7. The van der Waals surface area contributed by atoms with Gasteiger partial charge in [-0.05, 0) is 64.3 Å². The summed E-state index contributed by atoms with van der Waals surface area (Å²) in [5.74, 6) is 0.894. The van der Waals surface area contributed by atoms with Gasteiger partial charge in [0.2, 0.25) is 0 Å². The third-order valence-corrected chi connectivity index (χ3v) is 8.14. The Morgan fingerprint density at radius 2 is 1.88 bits per heavy atom. The van der Waals surface area contributed by atoms with Crippen molar-refractivity contribution in [2.75, 3.05) is 45.8 Å². The third-order valence-electron chi connectivity index (χ3n) is 8.14. The number of benzene rings is 1. The van der Waals surface area contributed by atoms with Gasteiger partial charge in [0.05, 0.1) is 6.10 Å². The smallest absolute Gasteiger partial charge is 0.287 e. The van der Waals surface area contributed by atoms with Crippen LogP contribution in [0.1, 0.15) is 79.7 Å². The number of nitrogens with one attached hydrogen (secondary N) is 1. The number of aryl methyl sites for hydroxylation is 1. The SMILES string of the molecule is CCN1CCN(CCCNC(=O)c2oc3ccc4c(c3c2C)[C@H](O)CC2(CCCCC2)O4)CC1. The molecule has 2 aliphatic heterocycles. The van der Waals surface area contributed by atoms with Crippen molar-refractivity contribution < 1.29 is 19.1 Å². The predicted molar refractivity (Wildman–Crippen MR) is 132 cm³/mol. The second-order valence-corrected chi connectivity index (χ2v) is 10.4. The minimum atomic E-state index is -0.606. The lowest BCUT2D eigenvalue weighted by molar-refractivity contribution is -0.0373. The Balaban J connectivity index is 1.24. The number of furan rings is 1. The maximum atomic E-state index is 12.9. The van der Waals surface area contributed by atoms with Crippen LogP contribution in [-0.4, -0.2) is 72.2 Å². The fourth-order valence-corrected chi connectivity index (χ4v) is 6.13. The molecule has 1 saturated carbocycles. The number of nitrogens with zero attached hydrogens (tertiary/aromatic N) is 2. The van der Waals surface area contributed by atoms with Crippen LogP contribution in [0.4, 0.5) is 0 Å². The standard InChI is InChI=1S/C27H39N3O4/c1-3-29-14-16-30(17-15-29)13-7-12-28-26(32)25-19(2)23-21(33-25)8-9-22-24(23)20(31)18-27(34-22)10-5-4-6-11-27/h8-9,20,31H,3-7,10-18H2,1-2H3,(H,28,32)/t20-/m1/s1. The number of carbonyl (C=O) groups excluding carboxylic acids is 1. The second-order valence-electron chi connectivity index (χ2n) is 10.4. The highest BCUT2D eigenvalue weighted by Crippen LogP contribution is 2.49. The first-order valence-electron chi connectivity index (χ1n) is 13.2. The van der Waals surface area contributed by atoms with Gasteiger partial charge in [-0.2, -0.15) is 0 Å². The van der Waals surface area contributed by atoms with Gasteiger partial charge >= 0.3 is 0 Å². The highest BCUT2D eigenvalue weighted by Gasteiger charge is 2.42. The van der Waals surface area contributed by atoms with Crippen molar-refractivity contribution in [1.29, 1.82) is 0 Å². The first kappa shape index (κ1) is 23.6. The van der Waals surface area contributed by atoms with Crippen molar-refractivity contribution >= 4 is 16.9 Å². The van der Waals surface area contributed by atoms with E-state index in [1.165, 1.54) is 6.42 Å². The number of amides is 1. The second kappa shape index (κ2) is 9.88. The zero-order valence-corrected chi connectivity index (χ0v) is 20.7. The quantitative estimate of drug-likeness (QED) is 0.623. The van der Waals surface area contributed by atoms with Gasteiger partial charge in [0, 0.05) is 55.7 Å². The van der Waals surface area contributed by atoms with Gasteiger partial charge in [0.15, 0.2) is 5.76 Å². The summed E-state index contributed by atoms with van der Waals surface area (Å²) in [7, 11) is 0. The van der Waals surface area contributed by atoms with E-state index < -0.39 is 6.10 Å². The molecule has 0 bridgehead atoms. The number of hydrogen-bond donors (Lipinski definition) is 2. The summed E-state index contributed by atoms with van der Waals surface area (Å²) in [5.41, 5.74) is 1.94. The average molecular weight is 470 g/mol. The maximum absolute atomic E-state index is 12.9. The number of ether oxygens (including phenoxy) is 1. The van der Waals surface area contributed by atoms with Crippen molar-refractivity contribution in [2.24, 2.45) is 0 Å². The Bertz CT molecular complexity index is 1020. The van der Waals surface area contributed by atoms with Crippen LogP contribution in [0.25, 0.3) is 11.0 Å². The molecule has 186 valence electrons. The summed E-state index contributed by atoms with van der Waals surface area (Å²) in [4.78, 5) is 17.9. The van der Waals surface area contributed by atoms with E-state index in [-0.39, 0.29) is 11.5 Å². The number of aliphatic hydroxyl groups excluding tert-OH is 1. The maximum Gasteiger partial charge on any atom is 0.287 e. The lowest BCUT2D eigenvalue weighted by atomic mass is 9.77. The topological polar surface area (TPSA) is 78.2 Å². The van der Waals surface area contributed by atoms with Crippen LogP contribution in [0.3, 0.4) is 0 Å². The van der Waals surface area contributed by atoms with Crippen LogP contribution >= 0.6 is 0 Å². The molecule has 0 unspecified atom stereocenters. The lowest BCUT2D eigenvalue weighted by Crippen LogP contribution is -2.46. The lowest BCUT2D eigenvalue weighted by Gasteiger charge is -2.43. The number of rotatable bonds is 6. The first-order chi connectivity index (χ1) is 16.5. The summed E-state index contributed by atoms with van der Waals surface area (Å²) >= 11 is 0. The molecule has 0 radical (unpaired) electrons. The number of hydrogen-bond acceptors (Lipinski definition) is 6. The molecule has 3 aliphatic rings.